The Balaban J connectivity index is 1.73. The summed E-state index contributed by atoms with van der Waals surface area (Å²) in [6, 6.07) is 6.28. The molecule has 19 heavy (non-hydrogen) atoms. The second-order valence-electron chi connectivity index (χ2n) is 4.74. The van der Waals surface area contributed by atoms with Gasteiger partial charge in [-0.25, -0.2) is 4.68 Å². The van der Waals surface area contributed by atoms with Crippen LogP contribution in [0.4, 0.5) is 0 Å². The van der Waals surface area contributed by atoms with Crippen LogP contribution in [0.3, 0.4) is 0 Å². The van der Waals surface area contributed by atoms with E-state index in [0.717, 1.165) is 12.2 Å². The standard InChI is InChI=1S/C13H16N4OS/c14-17-12(15-16-13(17)19)8-18-11-6-5-9-3-1-2-4-10(9)7-11/h5-7H,1-4,8,14H2,(H,16,19). The molecule has 0 bridgehead atoms. The molecule has 0 aliphatic heterocycles. The van der Waals surface area contributed by atoms with Crippen molar-refractivity contribution < 1.29 is 4.74 Å². The number of rotatable bonds is 3. The molecular formula is C13H16N4OS. The Labute approximate surface area is 116 Å². The molecule has 0 amide bonds. The van der Waals surface area contributed by atoms with E-state index in [2.05, 4.69) is 22.3 Å². The molecule has 100 valence electrons. The molecule has 0 saturated heterocycles. The smallest absolute Gasteiger partial charge is 0.214 e. The Morgan fingerprint density at radius 2 is 2.11 bits per heavy atom. The van der Waals surface area contributed by atoms with Gasteiger partial charge >= 0.3 is 0 Å². The van der Waals surface area contributed by atoms with E-state index < -0.39 is 0 Å². The fourth-order valence-corrected chi connectivity index (χ4v) is 2.54. The van der Waals surface area contributed by atoms with Gasteiger partial charge in [-0.3, -0.25) is 5.10 Å². The molecule has 3 N–H and O–H groups in total. The van der Waals surface area contributed by atoms with Crippen LogP contribution in [0.5, 0.6) is 5.75 Å². The SMILES string of the molecule is Nn1c(COc2ccc3c(c2)CCCC3)n[nH]c1=S. The summed E-state index contributed by atoms with van der Waals surface area (Å²) in [6.07, 6.45) is 4.87. The summed E-state index contributed by atoms with van der Waals surface area (Å²) < 4.78 is 7.44. The van der Waals surface area contributed by atoms with Gasteiger partial charge in [0.05, 0.1) is 0 Å². The van der Waals surface area contributed by atoms with Gasteiger partial charge in [0, 0.05) is 0 Å². The predicted molar refractivity (Wildman–Crippen MR) is 75.0 cm³/mol. The Bertz CT molecular complexity index is 646. The first kappa shape index (κ1) is 12.2. The van der Waals surface area contributed by atoms with E-state index in [1.54, 1.807) is 0 Å². The van der Waals surface area contributed by atoms with Crippen LogP contribution in [-0.4, -0.2) is 14.9 Å². The molecule has 0 unspecified atom stereocenters. The van der Waals surface area contributed by atoms with Crippen molar-refractivity contribution >= 4 is 12.2 Å². The number of fused-ring (bicyclic) bond motifs is 1. The Morgan fingerprint density at radius 1 is 1.32 bits per heavy atom. The van der Waals surface area contributed by atoms with E-state index in [-0.39, 0.29) is 0 Å². The van der Waals surface area contributed by atoms with E-state index in [1.165, 1.54) is 35.1 Å². The summed E-state index contributed by atoms with van der Waals surface area (Å²) >= 11 is 4.95. The molecule has 5 nitrogen and oxygen atoms in total. The van der Waals surface area contributed by atoms with Crippen molar-refractivity contribution in [2.24, 2.45) is 0 Å². The molecule has 0 atom stereocenters. The van der Waals surface area contributed by atoms with Crippen LogP contribution in [0.1, 0.15) is 29.8 Å². The van der Waals surface area contributed by atoms with Crippen LogP contribution in [0, 0.1) is 4.77 Å². The highest BCUT2D eigenvalue weighted by Gasteiger charge is 2.10. The molecule has 1 heterocycles. The molecular weight excluding hydrogens is 260 g/mol. The Morgan fingerprint density at radius 3 is 2.84 bits per heavy atom. The lowest BCUT2D eigenvalue weighted by atomic mass is 9.92. The number of hydrogen-bond donors (Lipinski definition) is 2. The first-order valence-corrected chi connectivity index (χ1v) is 6.81. The molecule has 0 saturated carbocycles. The van der Waals surface area contributed by atoms with Crippen molar-refractivity contribution in [3.63, 3.8) is 0 Å². The zero-order chi connectivity index (χ0) is 13.2. The zero-order valence-electron chi connectivity index (χ0n) is 10.6. The molecule has 0 spiro atoms. The number of ether oxygens (including phenoxy) is 1. The summed E-state index contributed by atoms with van der Waals surface area (Å²) in [5.41, 5.74) is 2.84. The van der Waals surface area contributed by atoms with Gasteiger partial charge in [-0.05, 0) is 61.2 Å². The Kier molecular flexibility index (Phi) is 3.25. The lowest BCUT2D eigenvalue weighted by molar-refractivity contribution is 0.292. The van der Waals surface area contributed by atoms with Gasteiger partial charge in [0.25, 0.3) is 0 Å². The van der Waals surface area contributed by atoms with Gasteiger partial charge in [-0.1, -0.05) is 6.07 Å². The first-order valence-electron chi connectivity index (χ1n) is 6.40. The minimum atomic E-state index is 0.308. The summed E-state index contributed by atoms with van der Waals surface area (Å²) in [5.74, 6) is 7.16. The van der Waals surface area contributed by atoms with Gasteiger partial charge in [-0.2, -0.15) is 5.10 Å². The van der Waals surface area contributed by atoms with Gasteiger partial charge in [0.2, 0.25) is 4.77 Å². The number of nitrogens with two attached hydrogens (primary N) is 1. The zero-order valence-corrected chi connectivity index (χ0v) is 11.4. The topological polar surface area (TPSA) is 68.9 Å². The molecule has 1 aliphatic carbocycles. The largest absolute Gasteiger partial charge is 0.486 e. The third-order valence-electron chi connectivity index (χ3n) is 3.47. The van der Waals surface area contributed by atoms with Crippen LogP contribution in [0.2, 0.25) is 0 Å². The summed E-state index contributed by atoms with van der Waals surface area (Å²) in [6.45, 7) is 0.308. The third-order valence-corrected chi connectivity index (χ3v) is 3.75. The summed E-state index contributed by atoms with van der Waals surface area (Å²) in [4.78, 5) is 0. The van der Waals surface area contributed by atoms with Crippen LogP contribution in [0.15, 0.2) is 18.2 Å². The molecule has 1 aliphatic rings. The van der Waals surface area contributed by atoms with E-state index in [9.17, 15) is 0 Å². The minimum Gasteiger partial charge on any atom is -0.486 e. The highest BCUT2D eigenvalue weighted by molar-refractivity contribution is 7.71. The lowest BCUT2D eigenvalue weighted by Gasteiger charge is -2.16. The number of aromatic nitrogens is 3. The highest BCUT2D eigenvalue weighted by atomic mass is 32.1. The molecule has 0 radical (unpaired) electrons. The highest BCUT2D eigenvalue weighted by Crippen LogP contribution is 2.25. The first-order chi connectivity index (χ1) is 9.24. The van der Waals surface area contributed by atoms with Crippen molar-refractivity contribution in [1.82, 2.24) is 14.9 Å². The fourth-order valence-electron chi connectivity index (χ4n) is 2.39. The maximum absolute atomic E-state index is 5.72. The number of aromatic amines is 1. The van der Waals surface area contributed by atoms with E-state index in [4.69, 9.17) is 22.8 Å². The maximum Gasteiger partial charge on any atom is 0.214 e. The van der Waals surface area contributed by atoms with E-state index in [0.29, 0.717) is 17.2 Å². The number of benzene rings is 1. The third kappa shape index (κ3) is 2.49. The normalized spacial score (nSPS) is 14.1. The second kappa shape index (κ2) is 5.05. The average Bonchev–Trinajstić information content (AvgIpc) is 2.76. The quantitative estimate of drug-likeness (QED) is 0.665. The molecule has 2 aromatic rings. The van der Waals surface area contributed by atoms with Gasteiger partial charge in [0.1, 0.15) is 12.4 Å². The van der Waals surface area contributed by atoms with Crippen LogP contribution < -0.4 is 10.6 Å². The number of hydrogen-bond acceptors (Lipinski definition) is 4. The maximum atomic E-state index is 5.72. The summed E-state index contributed by atoms with van der Waals surface area (Å²) in [5, 5.41) is 6.65. The number of nitrogens with zero attached hydrogens (tertiary/aromatic N) is 2. The fraction of sp³-hybridized carbons (Fsp3) is 0.385. The van der Waals surface area contributed by atoms with Gasteiger partial charge in [-0.15, -0.1) is 0 Å². The lowest BCUT2D eigenvalue weighted by Crippen LogP contribution is -2.14. The van der Waals surface area contributed by atoms with Crippen molar-refractivity contribution in [3.05, 3.63) is 39.9 Å². The number of nitrogen functional groups attached to an aromatic ring is 1. The molecule has 1 aromatic heterocycles. The Hall–Kier alpha value is -1.82. The van der Waals surface area contributed by atoms with Gasteiger partial charge < -0.3 is 10.6 Å². The van der Waals surface area contributed by atoms with E-state index in [1.807, 2.05) is 6.07 Å². The van der Waals surface area contributed by atoms with Gasteiger partial charge in [0.15, 0.2) is 5.82 Å². The van der Waals surface area contributed by atoms with Crippen LogP contribution in [0.25, 0.3) is 0 Å². The molecule has 6 heteroatoms. The predicted octanol–water partition coefficient (Wildman–Crippen LogP) is 2.11. The second-order valence-corrected chi connectivity index (χ2v) is 5.13. The van der Waals surface area contributed by atoms with Crippen molar-refractivity contribution in [3.8, 4) is 5.75 Å². The van der Waals surface area contributed by atoms with Crippen molar-refractivity contribution in [2.75, 3.05) is 5.84 Å². The van der Waals surface area contributed by atoms with Crippen molar-refractivity contribution in [1.29, 1.82) is 0 Å². The molecule has 0 fully saturated rings. The van der Waals surface area contributed by atoms with Crippen LogP contribution in [-0.2, 0) is 19.4 Å². The monoisotopic (exact) mass is 276 g/mol. The van der Waals surface area contributed by atoms with Crippen LogP contribution >= 0.6 is 12.2 Å². The van der Waals surface area contributed by atoms with Crippen molar-refractivity contribution in [2.45, 2.75) is 32.3 Å². The van der Waals surface area contributed by atoms with E-state index >= 15 is 0 Å². The molecule has 3 rings (SSSR count). The average molecular weight is 276 g/mol. The number of H-pyrrole nitrogens is 1. The number of aryl methyl sites for hydroxylation is 2. The summed E-state index contributed by atoms with van der Waals surface area (Å²) in [7, 11) is 0. The number of nitrogens with one attached hydrogen (secondary N) is 1. The molecule has 1 aromatic carbocycles. The minimum absolute atomic E-state index is 0.308.